The fourth-order valence-corrected chi connectivity index (χ4v) is 1.69. The van der Waals surface area contributed by atoms with Gasteiger partial charge in [0, 0.05) is 0 Å². The van der Waals surface area contributed by atoms with Gasteiger partial charge >= 0.3 is 29.9 Å². The highest BCUT2D eigenvalue weighted by atomic mass is 16.8. The van der Waals surface area contributed by atoms with E-state index in [9.17, 15) is 24.3 Å². The van der Waals surface area contributed by atoms with Crippen LogP contribution in [0.3, 0.4) is 0 Å². The predicted octanol–water partition coefficient (Wildman–Crippen LogP) is -3.38. The third kappa shape index (κ3) is 2.00. The molecule has 2 bridgehead atoms. The van der Waals surface area contributed by atoms with Crippen LogP contribution >= 0.6 is 0 Å². The van der Waals surface area contributed by atoms with E-state index in [2.05, 4.69) is 14.2 Å². The minimum atomic E-state index is -2.64. The molecule has 0 aromatic carbocycles. The molecule has 1 amide bonds. The molecule has 5 N–H and O–H groups in total. The van der Waals surface area contributed by atoms with Crippen molar-refractivity contribution < 1.29 is 38.5 Å². The van der Waals surface area contributed by atoms with Gasteiger partial charge in [0.15, 0.2) is 5.60 Å². The van der Waals surface area contributed by atoms with Crippen LogP contribution in [0.15, 0.2) is 0 Å². The number of carbonyl (C=O) groups excluding carboxylic acids is 4. The van der Waals surface area contributed by atoms with Crippen molar-refractivity contribution in [2.45, 2.75) is 30.5 Å². The van der Waals surface area contributed by atoms with E-state index >= 15 is 0 Å². The number of ether oxygens (including phenoxy) is 3. The van der Waals surface area contributed by atoms with Crippen molar-refractivity contribution in [3.05, 3.63) is 0 Å². The van der Waals surface area contributed by atoms with Gasteiger partial charge in [0.2, 0.25) is 0 Å². The Hall–Kier alpha value is -2.20. The van der Waals surface area contributed by atoms with Gasteiger partial charge in [-0.15, -0.1) is 0 Å². The van der Waals surface area contributed by atoms with Crippen LogP contribution < -0.4 is 11.5 Å². The van der Waals surface area contributed by atoms with Crippen LogP contribution in [0.2, 0.25) is 0 Å². The van der Waals surface area contributed by atoms with Gasteiger partial charge < -0.3 is 25.1 Å². The fourth-order valence-electron chi connectivity index (χ4n) is 1.69. The minimum Gasteiger partial charge on any atom is -0.426 e. The summed E-state index contributed by atoms with van der Waals surface area (Å²) >= 11 is 0. The normalized spacial score (nSPS) is 38.4. The lowest BCUT2D eigenvalue weighted by atomic mass is 9.95. The Labute approximate surface area is 105 Å². The second-order valence-corrected chi connectivity index (χ2v) is 4.24. The van der Waals surface area contributed by atoms with Gasteiger partial charge in [0.05, 0.1) is 12.8 Å². The van der Waals surface area contributed by atoms with Crippen molar-refractivity contribution in [2.24, 2.45) is 11.5 Å². The SMILES string of the molecule is NC(=O)C1(N)OC(=O)CC2(O)CC(=O)OC1OC2=O. The molecular weight excluding hydrogens is 264 g/mol. The van der Waals surface area contributed by atoms with Gasteiger partial charge in [0.25, 0.3) is 5.91 Å². The summed E-state index contributed by atoms with van der Waals surface area (Å²) in [4.78, 5) is 45.8. The second kappa shape index (κ2) is 3.90. The summed E-state index contributed by atoms with van der Waals surface area (Å²) in [5.41, 5.74) is 5.32. The van der Waals surface area contributed by atoms with E-state index in [1.807, 2.05) is 0 Å². The molecular formula is C9H10N2O8. The van der Waals surface area contributed by atoms with Crippen molar-refractivity contribution in [3.8, 4) is 0 Å². The Kier molecular flexibility index (Phi) is 2.72. The highest BCUT2D eigenvalue weighted by Crippen LogP contribution is 2.31. The Morgan fingerprint density at radius 3 is 2.37 bits per heavy atom. The largest absolute Gasteiger partial charge is 0.426 e. The van der Waals surface area contributed by atoms with Crippen molar-refractivity contribution in [1.82, 2.24) is 0 Å². The summed E-state index contributed by atoms with van der Waals surface area (Å²) in [6.07, 6.45) is -3.80. The molecule has 2 saturated heterocycles. The Balaban J connectivity index is 2.52. The standard InChI is InChI=1S/C9H10N2O8/c10-5(14)9(11)7-17-3(12)1-8(16,6(15)18-7)2-4(13)19-9/h7,16H,1-2,11H2,(H2,10,14). The maximum Gasteiger partial charge on any atom is 0.342 e. The first-order valence-corrected chi connectivity index (χ1v) is 5.11. The van der Waals surface area contributed by atoms with E-state index in [0.717, 1.165) is 0 Å². The van der Waals surface area contributed by atoms with Crippen LogP contribution in [0.1, 0.15) is 12.8 Å². The topological polar surface area (TPSA) is 168 Å². The summed E-state index contributed by atoms with van der Waals surface area (Å²) in [6, 6.07) is 0. The van der Waals surface area contributed by atoms with Gasteiger partial charge in [-0.1, -0.05) is 0 Å². The molecule has 2 heterocycles. The number of fused-ring (bicyclic) bond motifs is 3. The summed E-state index contributed by atoms with van der Waals surface area (Å²) < 4.78 is 13.7. The van der Waals surface area contributed by atoms with Crippen LogP contribution in [0.5, 0.6) is 0 Å². The first-order chi connectivity index (χ1) is 8.67. The molecule has 0 aromatic rings. The lowest BCUT2D eigenvalue weighted by molar-refractivity contribution is -0.241. The summed E-state index contributed by atoms with van der Waals surface area (Å²) in [5.74, 6) is -4.98. The van der Waals surface area contributed by atoms with E-state index in [0.29, 0.717) is 0 Å². The zero-order valence-electron chi connectivity index (χ0n) is 9.45. The van der Waals surface area contributed by atoms with E-state index in [1.54, 1.807) is 0 Å². The molecule has 2 aliphatic rings. The first-order valence-electron chi connectivity index (χ1n) is 5.11. The lowest BCUT2D eigenvalue weighted by Crippen LogP contribution is -2.66. The molecule has 10 nitrogen and oxygen atoms in total. The third-order valence-electron chi connectivity index (χ3n) is 2.72. The second-order valence-electron chi connectivity index (χ2n) is 4.24. The number of nitrogens with two attached hydrogens (primary N) is 2. The number of cyclic esters (lactones) is 1. The van der Waals surface area contributed by atoms with Crippen LogP contribution in [0.4, 0.5) is 0 Å². The van der Waals surface area contributed by atoms with Crippen molar-refractivity contribution in [3.63, 3.8) is 0 Å². The van der Waals surface area contributed by atoms with E-state index in [4.69, 9.17) is 11.5 Å². The number of esters is 3. The molecule has 0 spiro atoms. The van der Waals surface area contributed by atoms with Gasteiger partial charge in [-0.2, -0.15) is 0 Å². The van der Waals surface area contributed by atoms with E-state index in [-0.39, 0.29) is 0 Å². The summed E-state index contributed by atoms with van der Waals surface area (Å²) in [6.45, 7) is 0. The maximum absolute atomic E-state index is 11.7. The Morgan fingerprint density at radius 1 is 1.21 bits per heavy atom. The molecule has 10 heteroatoms. The number of rotatable bonds is 1. The number of hydrogen-bond donors (Lipinski definition) is 3. The molecule has 3 unspecified atom stereocenters. The Morgan fingerprint density at radius 2 is 1.79 bits per heavy atom. The summed E-state index contributed by atoms with van der Waals surface area (Å²) in [5, 5.41) is 9.89. The average Bonchev–Trinajstić information content (AvgIpc) is 2.33. The van der Waals surface area contributed by atoms with Gasteiger partial charge in [0.1, 0.15) is 0 Å². The predicted molar refractivity (Wildman–Crippen MR) is 52.4 cm³/mol. The van der Waals surface area contributed by atoms with Gasteiger partial charge in [-0.3, -0.25) is 20.1 Å². The van der Waals surface area contributed by atoms with Crippen LogP contribution in [0, 0.1) is 0 Å². The highest BCUT2D eigenvalue weighted by Gasteiger charge is 2.59. The van der Waals surface area contributed by atoms with Crippen molar-refractivity contribution in [1.29, 1.82) is 0 Å². The molecule has 0 aliphatic carbocycles. The number of amides is 1. The number of carbonyl (C=O) groups is 4. The van der Waals surface area contributed by atoms with Crippen LogP contribution in [-0.4, -0.2) is 46.5 Å². The average molecular weight is 274 g/mol. The number of primary amides is 1. The molecule has 104 valence electrons. The van der Waals surface area contributed by atoms with Crippen LogP contribution in [-0.2, 0) is 33.4 Å². The van der Waals surface area contributed by atoms with Gasteiger partial charge in [-0.05, 0) is 0 Å². The molecule has 2 aliphatic heterocycles. The smallest absolute Gasteiger partial charge is 0.342 e. The highest BCUT2D eigenvalue weighted by molar-refractivity contribution is 5.95. The van der Waals surface area contributed by atoms with Crippen molar-refractivity contribution in [2.75, 3.05) is 0 Å². The Bertz CT molecular complexity index is 491. The zero-order valence-corrected chi connectivity index (χ0v) is 9.45. The summed E-state index contributed by atoms with van der Waals surface area (Å²) in [7, 11) is 0. The number of aliphatic hydroxyl groups is 1. The van der Waals surface area contributed by atoms with E-state index in [1.165, 1.54) is 0 Å². The zero-order chi connectivity index (χ0) is 14.4. The third-order valence-corrected chi connectivity index (χ3v) is 2.72. The lowest BCUT2D eigenvalue weighted by Gasteiger charge is -2.34. The molecule has 19 heavy (non-hydrogen) atoms. The van der Waals surface area contributed by atoms with Crippen LogP contribution in [0.25, 0.3) is 0 Å². The molecule has 3 atom stereocenters. The molecule has 2 rings (SSSR count). The fraction of sp³-hybridized carbons (Fsp3) is 0.556. The van der Waals surface area contributed by atoms with Crippen molar-refractivity contribution >= 4 is 23.8 Å². The van der Waals surface area contributed by atoms with Gasteiger partial charge in [-0.25, -0.2) is 4.79 Å². The maximum atomic E-state index is 11.7. The minimum absolute atomic E-state index is 0.827. The molecule has 2 fully saturated rings. The quantitative estimate of drug-likeness (QED) is 0.413. The monoisotopic (exact) mass is 274 g/mol. The number of hydrogen-bond acceptors (Lipinski definition) is 9. The van der Waals surface area contributed by atoms with E-state index < -0.39 is 54.3 Å². The first kappa shape index (κ1) is 13.2. The molecule has 0 saturated carbocycles. The molecule has 0 aromatic heterocycles. The molecule has 0 radical (unpaired) electrons.